The number of allylic oxidation sites excluding steroid dienone is 30. The minimum Gasteiger partial charge on any atom is -0.462 e. The maximum Gasteiger partial charge on any atom is 0.472 e. The molecular weight excluding hydrogens is 1230 g/mol. The molecule has 0 bridgehead atoms. The summed E-state index contributed by atoms with van der Waals surface area (Å²) in [4.78, 5) is 36.0. The van der Waals surface area contributed by atoms with Crippen LogP contribution in [0.3, 0.4) is 0 Å². The molecule has 0 fully saturated rings. The number of quaternary nitrogens is 1. The van der Waals surface area contributed by atoms with Gasteiger partial charge in [-0.25, -0.2) is 4.57 Å². The number of rotatable bonds is 71. The van der Waals surface area contributed by atoms with E-state index in [1.165, 1.54) is 141 Å². The first-order valence-electron chi connectivity index (χ1n) is 39.5. The third-order valence-electron chi connectivity index (χ3n) is 16.4. The van der Waals surface area contributed by atoms with Crippen LogP contribution in [0.5, 0.6) is 0 Å². The number of carbonyl (C=O) groups is 2. The molecule has 2 unspecified atom stereocenters. The molecule has 0 aliphatic rings. The van der Waals surface area contributed by atoms with Gasteiger partial charge in [0.15, 0.2) is 6.10 Å². The first kappa shape index (κ1) is 93.1. The van der Waals surface area contributed by atoms with Crippen molar-refractivity contribution in [3.8, 4) is 0 Å². The van der Waals surface area contributed by atoms with Crippen molar-refractivity contribution >= 4 is 19.8 Å². The predicted molar refractivity (Wildman–Crippen MR) is 426 cm³/mol. The monoisotopic (exact) mass is 1380 g/mol. The van der Waals surface area contributed by atoms with Gasteiger partial charge in [-0.3, -0.25) is 18.6 Å². The molecule has 556 valence electrons. The van der Waals surface area contributed by atoms with Crippen LogP contribution in [0, 0.1) is 0 Å². The van der Waals surface area contributed by atoms with Crippen molar-refractivity contribution in [3.63, 3.8) is 0 Å². The molecule has 98 heavy (non-hydrogen) atoms. The number of esters is 2. The minimum absolute atomic E-state index is 0.0182. The summed E-state index contributed by atoms with van der Waals surface area (Å²) in [6.45, 7) is 4.28. The van der Waals surface area contributed by atoms with Crippen LogP contribution in [0.15, 0.2) is 182 Å². The minimum atomic E-state index is -4.42. The van der Waals surface area contributed by atoms with Crippen LogP contribution in [-0.2, 0) is 32.7 Å². The summed E-state index contributed by atoms with van der Waals surface area (Å²) in [6, 6.07) is 0. The van der Waals surface area contributed by atoms with E-state index in [0.717, 1.165) is 135 Å². The summed E-state index contributed by atoms with van der Waals surface area (Å²) >= 11 is 0. The molecule has 0 aromatic rings. The first-order chi connectivity index (χ1) is 48.0. The molecule has 2 atom stereocenters. The summed E-state index contributed by atoms with van der Waals surface area (Å²) in [7, 11) is 1.44. The number of hydrogen-bond donors (Lipinski definition) is 1. The van der Waals surface area contributed by atoms with Crippen molar-refractivity contribution in [1.82, 2.24) is 0 Å². The molecule has 0 saturated carbocycles. The van der Waals surface area contributed by atoms with Gasteiger partial charge in [-0.15, -0.1) is 0 Å². The summed E-state index contributed by atoms with van der Waals surface area (Å²) in [5, 5.41) is 0. The van der Waals surface area contributed by atoms with Crippen molar-refractivity contribution in [1.29, 1.82) is 0 Å². The van der Waals surface area contributed by atoms with Gasteiger partial charge >= 0.3 is 19.8 Å². The number of likely N-dealkylation sites (N-methyl/N-ethyl adjacent to an activating group) is 1. The molecule has 10 heteroatoms. The lowest BCUT2D eigenvalue weighted by Crippen LogP contribution is -2.37. The van der Waals surface area contributed by atoms with Gasteiger partial charge in [0.2, 0.25) is 0 Å². The number of hydrogen-bond acceptors (Lipinski definition) is 7. The molecule has 0 radical (unpaired) electrons. The zero-order valence-corrected chi connectivity index (χ0v) is 64.3. The molecule has 0 saturated heterocycles. The molecule has 0 aliphatic carbocycles. The summed E-state index contributed by atoms with van der Waals surface area (Å²) in [6.07, 6.45) is 117. The molecule has 0 rings (SSSR count). The van der Waals surface area contributed by atoms with Crippen molar-refractivity contribution in [2.75, 3.05) is 47.5 Å². The molecule has 1 N–H and O–H groups in total. The molecule has 0 amide bonds. The van der Waals surface area contributed by atoms with E-state index in [-0.39, 0.29) is 32.0 Å². The highest BCUT2D eigenvalue weighted by Crippen LogP contribution is 2.43. The van der Waals surface area contributed by atoms with E-state index in [4.69, 9.17) is 18.5 Å². The van der Waals surface area contributed by atoms with E-state index < -0.39 is 26.5 Å². The smallest absolute Gasteiger partial charge is 0.462 e. The standard InChI is InChI=1S/C88H146NO8P/c1-6-8-10-12-14-16-18-20-22-24-26-28-30-32-34-36-38-40-41-42-43-44-45-46-47-49-51-53-55-57-59-61-63-65-67-69-71-73-75-77-79-81-88(91)97-86(85-96-98(92,93)95-83-82-89(3,4)5)84-94-87(90)80-78-76-74-72-70-68-66-64-62-60-58-56-54-52-50-48-39-37-35-33-31-29-27-25-23-21-19-17-15-13-11-9-7-2/h8,10,14,16,19-22,25-28,31-34,38,40,42-43,45-46,49,51,55,57,61,63,67,69,86H,6-7,9,11-13,15,17-18,23-24,29-30,35-37,39,41,44,47-48,50,52-54,56,58-60,62,64-66,68,70-85H2,1-5H3/p+1/b10-8-,16-14-,21-19-,22-20-,27-25-,28-26-,33-31-,34-32-,40-38-,43-42-,46-45-,51-49-,57-55-,63-61-,69-67-. The van der Waals surface area contributed by atoms with Gasteiger partial charge in [-0.1, -0.05) is 337 Å². The lowest BCUT2D eigenvalue weighted by atomic mass is 10.0. The number of carbonyl (C=O) groups excluding carboxylic acids is 2. The lowest BCUT2D eigenvalue weighted by Gasteiger charge is -2.24. The quantitative estimate of drug-likeness (QED) is 0.0211. The second-order valence-electron chi connectivity index (χ2n) is 27.0. The van der Waals surface area contributed by atoms with Crippen LogP contribution in [0.1, 0.15) is 309 Å². The Morgan fingerprint density at radius 2 is 0.582 bits per heavy atom. The van der Waals surface area contributed by atoms with Crippen molar-refractivity contribution in [2.24, 2.45) is 0 Å². The van der Waals surface area contributed by atoms with E-state index in [9.17, 15) is 19.0 Å². The highest BCUT2D eigenvalue weighted by Gasteiger charge is 2.27. The number of ether oxygens (including phenoxy) is 2. The van der Waals surface area contributed by atoms with Crippen LogP contribution >= 0.6 is 7.82 Å². The van der Waals surface area contributed by atoms with Crippen molar-refractivity contribution < 1.29 is 42.1 Å². The zero-order valence-electron chi connectivity index (χ0n) is 63.5. The number of unbranched alkanes of at least 4 members (excludes halogenated alkanes) is 27. The third kappa shape index (κ3) is 80.1. The van der Waals surface area contributed by atoms with Crippen LogP contribution in [0.25, 0.3) is 0 Å². The second-order valence-corrected chi connectivity index (χ2v) is 28.5. The maximum atomic E-state index is 12.9. The van der Waals surface area contributed by atoms with Crippen LogP contribution in [-0.4, -0.2) is 74.9 Å². The van der Waals surface area contributed by atoms with Crippen LogP contribution < -0.4 is 0 Å². The van der Waals surface area contributed by atoms with Crippen LogP contribution in [0.2, 0.25) is 0 Å². The normalized spacial score (nSPS) is 14.1. The Morgan fingerprint density at radius 1 is 0.327 bits per heavy atom. The Kier molecular flexibility index (Phi) is 72.5. The highest BCUT2D eigenvalue weighted by atomic mass is 31.2. The Hall–Kier alpha value is -4.89. The van der Waals surface area contributed by atoms with Gasteiger partial charge in [-0.05, 0) is 141 Å². The molecule has 0 spiro atoms. The van der Waals surface area contributed by atoms with E-state index in [1.54, 1.807) is 0 Å². The van der Waals surface area contributed by atoms with Crippen molar-refractivity contribution in [3.05, 3.63) is 182 Å². The SMILES string of the molecule is CC/C=C\C/C=C\C/C=C\C/C=C\C/C=C\C/C=C\C/C=C\C/C=C\C/C=C\C/C=C\C/C=C\C/C=C\CCCCCCC(=O)OC(COC(=O)CCCCCCCCCCCCCCCCCCCC/C=C\C/C=C\C/C=C\CCCCCCC)COP(=O)(O)OCC[N+](C)(C)C. The fraction of sp³-hybridized carbons (Fsp3) is 0.636. The number of nitrogens with zero attached hydrogens (tertiary/aromatic N) is 1. The first-order valence-corrected chi connectivity index (χ1v) is 41.0. The summed E-state index contributed by atoms with van der Waals surface area (Å²) < 4.78 is 34.8. The summed E-state index contributed by atoms with van der Waals surface area (Å²) in [5.74, 6) is -0.830. The Labute approximate surface area is 603 Å². The van der Waals surface area contributed by atoms with Gasteiger partial charge in [0, 0.05) is 12.8 Å². The average Bonchev–Trinajstić information content (AvgIpc) is 1.08. The molecule has 0 heterocycles. The zero-order chi connectivity index (χ0) is 71.1. The van der Waals surface area contributed by atoms with Gasteiger partial charge < -0.3 is 18.9 Å². The molecule has 0 aliphatic heterocycles. The molecular formula is C88H147NO8P+. The Morgan fingerprint density at radius 3 is 0.867 bits per heavy atom. The topological polar surface area (TPSA) is 108 Å². The van der Waals surface area contributed by atoms with E-state index >= 15 is 0 Å². The Bertz CT molecular complexity index is 2320. The van der Waals surface area contributed by atoms with E-state index in [2.05, 4.69) is 196 Å². The fourth-order valence-corrected chi connectivity index (χ4v) is 11.2. The molecule has 9 nitrogen and oxygen atoms in total. The van der Waals surface area contributed by atoms with E-state index in [1.807, 2.05) is 21.1 Å². The molecule has 0 aromatic heterocycles. The van der Waals surface area contributed by atoms with Crippen LogP contribution in [0.4, 0.5) is 0 Å². The number of phosphoric acid groups is 1. The average molecular weight is 1380 g/mol. The van der Waals surface area contributed by atoms with Gasteiger partial charge in [0.05, 0.1) is 27.7 Å². The third-order valence-corrected chi connectivity index (χ3v) is 17.4. The summed E-state index contributed by atoms with van der Waals surface area (Å²) in [5.41, 5.74) is 0. The van der Waals surface area contributed by atoms with Gasteiger partial charge in [-0.2, -0.15) is 0 Å². The van der Waals surface area contributed by atoms with Gasteiger partial charge in [0.1, 0.15) is 19.8 Å². The van der Waals surface area contributed by atoms with Gasteiger partial charge in [0.25, 0.3) is 0 Å². The fourth-order valence-electron chi connectivity index (χ4n) is 10.4. The lowest BCUT2D eigenvalue weighted by molar-refractivity contribution is -0.870. The van der Waals surface area contributed by atoms with E-state index in [0.29, 0.717) is 17.4 Å². The van der Waals surface area contributed by atoms with Crippen molar-refractivity contribution in [2.45, 2.75) is 315 Å². The number of phosphoric ester groups is 1. The Balaban J connectivity index is 4.11. The molecule has 0 aromatic carbocycles. The predicted octanol–water partition coefficient (Wildman–Crippen LogP) is 26.6. The largest absolute Gasteiger partial charge is 0.472 e. The maximum absolute atomic E-state index is 12.9. The second kappa shape index (κ2) is 76.3. The highest BCUT2D eigenvalue weighted by molar-refractivity contribution is 7.47.